The molecular weight excluding hydrogens is 529 g/mol. The molecule has 0 aromatic carbocycles. The summed E-state index contributed by atoms with van der Waals surface area (Å²) in [5.74, 6) is -0.630. The second kappa shape index (κ2) is 29.6. The molecule has 10 nitrogen and oxygen atoms in total. The number of methoxy groups -OCH3 is 3. The second-order valence-corrected chi connectivity index (χ2v) is 7.86. The number of carbonyl (C=O) groups excluding carboxylic acids is 3. The van der Waals surface area contributed by atoms with Crippen molar-refractivity contribution in [1.82, 2.24) is 19.6 Å². The molecular formula is C24H50N4O6Y-2. The summed E-state index contributed by atoms with van der Waals surface area (Å²) in [7, 11) is 10.4. The van der Waals surface area contributed by atoms with E-state index in [9.17, 15) is 14.4 Å². The van der Waals surface area contributed by atoms with Gasteiger partial charge in [-0.3, -0.25) is 19.3 Å². The standard InChI is InChI=1S/C8H16N2O2.2C5H11N.2C3H6O2.Y/c1-9-3-5-10(6-4-9)7-8(11)12-2;1-6-4-2-3-5-6;1-4-6(3)5-2;2*1-3(4)5-2;/h3-7H2,1-2H3;2-5H2,1H3;1-2,4-5H2,3H3;2*1-2H3;/q;;-2;;;. The minimum absolute atomic E-state index is 0. The van der Waals surface area contributed by atoms with E-state index in [1.165, 1.54) is 61.1 Å². The smallest absolute Gasteiger partial charge is 0.319 e. The number of ether oxygens (including phenoxy) is 3. The fourth-order valence-corrected chi connectivity index (χ4v) is 2.24. The molecule has 0 spiro atoms. The minimum atomic E-state index is -0.245. The van der Waals surface area contributed by atoms with E-state index in [0.717, 1.165) is 39.3 Å². The second-order valence-electron chi connectivity index (χ2n) is 7.86. The van der Waals surface area contributed by atoms with Gasteiger partial charge in [-0.25, -0.2) is 0 Å². The van der Waals surface area contributed by atoms with Gasteiger partial charge in [0.05, 0.1) is 27.9 Å². The first-order valence-electron chi connectivity index (χ1n) is 11.5. The molecule has 0 aromatic rings. The van der Waals surface area contributed by atoms with Crippen LogP contribution in [0.1, 0.15) is 26.7 Å². The number of carbonyl (C=O) groups is 3. The van der Waals surface area contributed by atoms with E-state index in [1.54, 1.807) is 0 Å². The molecule has 0 aliphatic carbocycles. The van der Waals surface area contributed by atoms with Crippen LogP contribution in [0.4, 0.5) is 0 Å². The van der Waals surface area contributed by atoms with Crippen LogP contribution in [0.2, 0.25) is 0 Å². The number of hydrogen-bond acceptors (Lipinski definition) is 10. The molecule has 0 amide bonds. The Morgan fingerprint density at radius 3 is 1.29 bits per heavy atom. The van der Waals surface area contributed by atoms with E-state index in [2.05, 4.69) is 56.9 Å². The third kappa shape index (κ3) is 35.6. The van der Waals surface area contributed by atoms with Crippen molar-refractivity contribution >= 4 is 17.9 Å². The Hall–Kier alpha value is -0.646. The van der Waals surface area contributed by atoms with Crippen molar-refractivity contribution in [2.45, 2.75) is 26.7 Å². The molecule has 2 aliphatic rings. The summed E-state index contributed by atoms with van der Waals surface area (Å²) in [6.45, 7) is 18.8. The van der Waals surface area contributed by atoms with Crippen LogP contribution in [-0.2, 0) is 61.3 Å². The first-order chi connectivity index (χ1) is 16.0. The van der Waals surface area contributed by atoms with Crippen LogP contribution in [0.15, 0.2) is 0 Å². The normalized spacial score (nSPS) is 15.2. The molecule has 207 valence electrons. The summed E-state index contributed by atoms with van der Waals surface area (Å²) in [6, 6.07) is 0. The van der Waals surface area contributed by atoms with Gasteiger partial charge in [-0.15, -0.1) is 13.1 Å². The fourth-order valence-electron chi connectivity index (χ4n) is 2.24. The Morgan fingerprint density at radius 2 is 1.09 bits per heavy atom. The van der Waals surface area contributed by atoms with Gasteiger partial charge in [-0.2, -0.15) is 0 Å². The van der Waals surface area contributed by atoms with Gasteiger partial charge in [-0.1, -0.05) is 0 Å². The van der Waals surface area contributed by atoms with Gasteiger partial charge in [0.15, 0.2) is 0 Å². The van der Waals surface area contributed by atoms with E-state index in [4.69, 9.17) is 0 Å². The third-order valence-corrected chi connectivity index (χ3v) is 4.84. The Balaban J connectivity index is -0.000000181. The monoisotopic (exact) mass is 579 g/mol. The number of rotatable bonds is 4. The molecule has 0 saturated carbocycles. The summed E-state index contributed by atoms with van der Waals surface area (Å²) >= 11 is 0. The SMILES string of the molecule is CN1CCCC1.COC(=O)CN1CCN(C)CC1.COC(C)=O.COC(C)=O.[CH2-]CN(C)C[CH2-].[Y]. The Labute approximate surface area is 239 Å². The van der Waals surface area contributed by atoms with Crippen molar-refractivity contribution in [2.24, 2.45) is 0 Å². The molecule has 0 bridgehead atoms. The fraction of sp³-hybridized carbons (Fsp3) is 0.792. The molecule has 0 N–H and O–H groups in total. The first-order valence-corrected chi connectivity index (χ1v) is 11.5. The maximum absolute atomic E-state index is 10.9. The van der Waals surface area contributed by atoms with E-state index >= 15 is 0 Å². The number of nitrogens with zero attached hydrogens (tertiary/aromatic N) is 4. The predicted octanol–water partition coefficient (Wildman–Crippen LogP) is 1.06. The van der Waals surface area contributed by atoms with Crippen LogP contribution in [0.25, 0.3) is 0 Å². The summed E-state index contributed by atoms with van der Waals surface area (Å²) in [4.78, 5) is 38.8. The maximum atomic E-state index is 10.9. The van der Waals surface area contributed by atoms with Gasteiger partial charge in [0.2, 0.25) is 0 Å². The zero-order chi connectivity index (χ0) is 26.9. The number of likely N-dealkylation sites (N-methyl/N-ethyl adjacent to an activating group) is 1. The quantitative estimate of drug-likeness (QED) is 0.274. The number of piperazine rings is 1. The summed E-state index contributed by atoms with van der Waals surface area (Å²) in [5.41, 5.74) is 0. The molecule has 2 saturated heterocycles. The van der Waals surface area contributed by atoms with E-state index < -0.39 is 0 Å². The molecule has 1 radical (unpaired) electrons. The van der Waals surface area contributed by atoms with E-state index in [-0.39, 0.29) is 50.6 Å². The number of likely N-dealkylation sites (tertiary alicyclic amines) is 1. The van der Waals surface area contributed by atoms with Gasteiger partial charge >= 0.3 is 17.9 Å². The van der Waals surface area contributed by atoms with Gasteiger partial charge in [-0.05, 0) is 47.1 Å². The van der Waals surface area contributed by atoms with Crippen LogP contribution in [0.5, 0.6) is 0 Å². The minimum Gasteiger partial charge on any atom is -0.469 e. The van der Waals surface area contributed by atoms with Crippen molar-refractivity contribution in [3.63, 3.8) is 0 Å². The van der Waals surface area contributed by atoms with E-state index in [0.29, 0.717) is 6.54 Å². The van der Waals surface area contributed by atoms with Crippen LogP contribution < -0.4 is 0 Å². The van der Waals surface area contributed by atoms with Crippen LogP contribution in [0, 0.1) is 13.8 Å². The molecule has 2 aliphatic heterocycles. The summed E-state index contributed by atoms with van der Waals surface area (Å²) in [6.07, 6.45) is 2.83. The van der Waals surface area contributed by atoms with Crippen LogP contribution >= 0.6 is 0 Å². The molecule has 35 heavy (non-hydrogen) atoms. The van der Waals surface area contributed by atoms with Crippen molar-refractivity contribution in [3.05, 3.63) is 13.8 Å². The van der Waals surface area contributed by atoms with Crippen molar-refractivity contribution in [3.8, 4) is 0 Å². The first kappa shape index (κ1) is 41.5. The summed E-state index contributed by atoms with van der Waals surface area (Å²) < 4.78 is 12.8. The van der Waals surface area contributed by atoms with E-state index in [1.807, 2.05) is 11.9 Å². The van der Waals surface area contributed by atoms with Crippen LogP contribution in [-0.4, -0.2) is 139 Å². The van der Waals surface area contributed by atoms with Gasteiger partial charge in [0, 0.05) is 72.7 Å². The third-order valence-electron chi connectivity index (χ3n) is 4.84. The number of hydrogen-bond donors (Lipinski definition) is 0. The topological polar surface area (TPSA) is 91.9 Å². The maximum Gasteiger partial charge on any atom is 0.319 e. The van der Waals surface area contributed by atoms with Crippen molar-refractivity contribution in [2.75, 3.05) is 101 Å². The predicted molar refractivity (Wildman–Crippen MR) is 136 cm³/mol. The van der Waals surface area contributed by atoms with Gasteiger partial charge in [0.1, 0.15) is 0 Å². The average molecular weight is 580 g/mol. The molecule has 0 atom stereocenters. The van der Waals surface area contributed by atoms with Crippen molar-refractivity contribution < 1.29 is 61.3 Å². The Kier molecular flexibility index (Phi) is 35.1. The molecule has 2 heterocycles. The average Bonchev–Trinajstić information content (AvgIpc) is 3.32. The zero-order valence-electron chi connectivity index (χ0n) is 23.5. The molecule has 0 unspecified atom stereocenters. The van der Waals surface area contributed by atoms with Crippen LogP contribution in [0.3, 0.4) is 0 Å². The Morgan fingerprint density at radius 1 is 0.743 bits per heavy atom. The van der Waals surface area contributed by atoms with Gasteiger partial charge in [0.25, 0.3) is 0 Å². The molecule has 11 heteroatoms. The molecule has 2 fully saturated rings. The molecule has 2 rings (SSSR count). The van der Waals surface area contributed by atoms with Gasteiger partial charge < -0.3 is 42.8 Å². The van der Waals surface area contributed by atoms with Crippen molar-refractivity contribution in [1.29, 1.82) is 0 Å². The largest absolute Gasteiger partial charge is 0.469 e. The zero-order valence-corrected chi connectivity index (χ0v) is 26.3. The molecule has 0 aromatic heterocycles. The Bertz CT molecular complexity index is 482. The number of esters is 3. The summed E-state index contributed by atoms with van der Waals surface area (Å²) in [5, 5.41) is 0.